The van der Waals surface area contributed by atoms with E-state index in [9.17, 15) is 0 Å². The third-order valence-corrected chi connectivity index (χ3v) is 4.09. The molecule has 0 spiro atoms. The molecule has 19 heavy (non-hydrogen) atoms. The Bertz CT molecular complexity index is 705. The molecule has 0 unspecified atom stereocenters. The zero-order valence-corrected chi connectivity index (χ0v) is 12.1. The molecule has 0 radical (unpaired) electrons. The topological polar surface area (TPSA) is 47.9 Å². The second-order valence-electron chi connectivity index (χ2n) is 3.99. The van der Waals surface area contributed by atoms with Crippen LogP contribution in [0.5, 0.6) is 10.9 Å². The van der Waals surface area contributed by atoms with Crippen LogP contribution in [-0.4, -0.2) is 15.2 Å². The van der Waals surface area contributed by atoms with E-state index in [1.165, 1.54) is 16.2 Å². The van der Waals surface area contributed by atoms with Crippen LogP contribution in [-0.2, 0) is 0 Å². The normalized spacial score (nSPS) is 10.6. The molecule has 0 saturated heterocycles. The first-order valence-corrected chi connectivity index (χ1v) is 7.35. The summed E-state index contributed by atoms with van der Waals surface area (Å²) in [5.74, 6) is 0.751. The average Bonchev–Trinajstić information content (AvgIpc) is 2.99. The van der Waals surface area contributed by atoms with E-state index in [-0.39, 0.29) is 0 Å². The smallest absolute Gasteiger partial charge is 0.299 e. The Morgan fingerprint density at radius 2 is 2.00 bits per heavy atom. The lowest BCUT2D eigenvalue weighted by Gasteiger charge is -2.02. The van der Waals surface area contributed by atoms with Gasteiger partial charge in [-0.1, -0.05) is 28.6 Å². The first-order chi connectivity index (χ1) is 9.20. The van der Waals surface area contributed by atoms with Gasteiger partial charge in [0, 0.05) is 16.6 Å². The lowest BCUT2D eigenvalue weighted by atomic mass is 10.2. The Morgan fingerprint density at radius 3 is 2.68 bits per heavy atom. The molecule has 1 aromatic carbocycles. The quantitative estimate of drug-likeness (QED) is 0.729. The maximum absolute atomic E-state index is 5.69. The fourth-order valence-corrected chi connectivity index (χ4v) is 2.92. The highest BCUT2D eigenvalue weighted by Crippen LogP contribution is 2.30. The molecule has 3 rings (SSSR count). The van der Waals surface area contributed by atoms with Crippen LogP contribution in [0.15, 0.2) is 30.5 Å². The highest BCUT2D eigenvalue weighted by atomic mass is 32.1. The largest absolute Gasteiger partial charge is 0.430 e. The number of ether oxygens (including phenoxy) is 1. The SMILES string of the molecule is Cc1cnc(-c2cccc(Oc3nnc(C)s3)c2)s1. The minimum absolute atomic E-state index is 0.560. The summed E-state index contributed by atoms with van der Waals surface area (Å²) in [5.41, 5.74) is 1.05. The Hall–Kier alpha value is -1.79. The van der Waals surface area contributed by atoms with E-state index in [1.807, 2.05) is 44.3 Å². The van der Waals surface area contributed by atoms with Crippen LogP contribution in [0.3, 0.4) is 0 Å². The Kier molecular flexibility index (Phi) is 3.27. The monoisotopic (exact) mass is 289 g/mol. The molecule has 0 bridgehead atoms. The van der Waals surface area contributed by atoms with E-state index < -0.39 is 0 Å². The minimum atomic E-state index is 0.560. The molecule has 2 aromatic heterocycles. The van der Waals surface area contributed by atoms with Crippen LogP contribution in [0.4, 0.5) is 0 Å². The van der Waals surface area contributed by atoms with Crippen LogP contribution in [0, 0.1) is 13.8 Å². The van der Waals surface area contributed by atoms with Crippen LogP contribution in [0.1, 0.15) is 9.88 Å². The molecule has 0 saturated carbocycles. The number of thiazole rings is 1. The molecular weight excluding hydrogens is 278 g/mol. The third-order valence-electron chi connectivity index (χ3n) is 2.41. The standard InChI is InChI=1S/C13H11N3OS2/c1-8-7-14-12(18-8)10-4-3-5-11(6-10)17-13-16-15-9(2)19-13/h3-7H,1-2H3. The van der Waals surface area contributed by atoms with Crippen molar-refractivity contribution in [3.63, 3.8) is 0 Å². The van der Waals surface area contributed by atoms with Crippen molar-refractivity contribution >= 4 is 22.7 Å². The molecule has 0 aliphatic heterocycles. The van der Waals surface area contributed by atoms with Crippen LogP contribution in [0.25, 0.3) is 10.6 Å². The summed E-state index contributed by atoms with van der Waals surface area (Å²) >= 11 is 3.10. The first-order valence-electron chi connectivity index (χ1n) is 5.71. The van der Waals surface area contributed by atoms with Gasteiger partial charge in [0.1, 0.15) is 15.8 Å². The molecule has 0 N–H and O–H groups in total. The van der Waals surface area contributed by atoms with E-state index in [4.69, 9.17) is 4.74 Å². The van der Waals surface area contributed by atoms with Gasteiger partial charge < -0.3 is 4.74 Å². The van der Waals surface area contributed by atoms with Crippen molar-refractivity contribution in [2.24, 2.45) is 0 Å². The number of benzene rings is 1. The highest BCUT2D eigenvalue weighted by Gasteiger charge is 2.07. The molecule has 3 aromatic rings. The van der Waals surface area contributed by atoms with Crippen molar-refractivity contribution < 1.29 is 4.74 Å². The molecule has 2 heterocycles. The molecule has 6 heteroatoms. The number of aromatic nitrogens is 3. The van der Waals surface area contributed by atoms with Gasteiger partial charge in [-0.25, -0.2) is 4.98 Å². The summed E-state index contributed by atoms with van der Waals surface area (Å²) in [6.45, 7) is 3.95. The van der Waals surface area contributed by atoms with Gasteiger partial charge in [0.25, 0.3) is 5.19 Å². The average molecular weight is 289 g/mol. The lowest BCUT2D eigenvalue weighted by Crippen LogP contribution is -1.84. The van der Waals surface area contributed by atoms with Crippen LogP contribution >= 0.6 is 22.7 Å². The van der Waals surface area contributed by atoms with Crippen LogP contribution in [0.2, 0.25) is 0 Å². The third kappa shape index (κ3) is 2.80. The summed E-state index contributed by atoms with van der Waals surface area (Å²) in [5, 5.41) is 10.3. The lowest BCUT2D eigenvalue weighted by molar-refractivity contribution is 0.473. The molecule has 0 aliphatic carbocycles. The van der Waals surface area contributed by atoms with Crippen molar-refractivity contribution in [2.75, 3.05) is 0 Å². The molecule has 96 valence electrons. The van der Waals surface area contributed by atoms with E-state index in [0.717, 1.165) is 21.3 Å². The van der Waals surface area contributed by atoms with Gasteiger partial charge in [-0.15, -0.1) is 16.4 Å². The zero-order valence-electron chi connectivity index (χ0n) is 10.5. The van der Waals surface area contributed by atoms with Gasteiger partial charge in [0.05, 0.1) is 0 Å². The van der Waals surface area contributed by atoms with Gasteiger partial charge in [-0.05, 0) is 26.0 Å². The van der Waals surface area contributed by atoms with Gasteiger partial charge in [0.15, 0.2) is 0 Å². The summed E-state index contributed by atoms with van der Waals surface area (Å²) in [7, 11) is 0. The first kappa shape index (κ1) is 12.3. The molecule has 0 amide bonds. The van der Waals surface area contributed by atoms with Gasteiger partial charge >= 0.3 is 0 Å². The number of rotatable bonds is 3. The van der Waals surface area contributed by atoms with Crippen molar-refractivity contribution in [3.8, 4) is 21.5 Å². The maximum Gasteiger partial charge on any atom is 0.299 e. The second kappa shape index (κ2) is 5.07. The second-order valence-corrected chi connectivity index (χ2v) is 6.37. The van der Waals surface area contributed by atoms with Gasteiger partial charge in [-0.2, -0.15) is 0 Å². The Labute approximate surface area is 118 Å². The Morgan fingerprint density at radius 1 is 1.11 bits per heavy atom. The van der Waals surface area contributed by atoms with Gasteiger partial charge in [-0.3, -0.25) is 0 Å². The molecule has 0 atom stereocenters. The predicted molar refractivity (Wildman–Crippen MR) is 77.0 cm³/mol. The van der Waals surface area contributed by atoms with Crippen molar-refractivity contribution in [3.05, 3.63) is 40.3 Å². The summed E-state index contributed by atoms with van der Waals surface area (Å²) in [6, 6.07) is 7.85. The Balaban J connectivity index is 1.87. The molecule has 4 nitrogen and oxygen atoms in total. The van der Waals surface area contributed by atoms with Gasteiger partial charge in [0.2, 0.25) is 0 Å². The number of hydrogen-bond donors (Lipinski definition) is 0. The fraction of sp³-hybridized carbons (Fsp3) is 0.154. The number of aryl methyl sites for hydroxylation is 2. The summed E-state index contributed by atoms with van der Waals surface area (Å²) in [4.78, 5) is 5.57. The van der Waals surface area contributed by atoms with Crippen LogP contribution < -0.4 is 4.74 Å². The fourth-order valence-electron chi connectivity index (χ4n) is 1.60. The van der Waals surface area contributed by atoms with Crippen molar-refractivity contribution in [1.29, 1.82) is 0 Å². The van der Waals surface area contributed by atoms with E-state index in [1.54, 1.807) is 11.3 Å². The van der Waals surface area contributed by atoms with Crippen molar-refractivity contribution in [1.82, 2.24) is 15.2 Å². The molecule has 0 fully saturated rings. The number of nitrogens with zero attached hydrogens (tertiary/aromatic N) is 3. The van der Waals surface area contributed by atoms with E-state index in [0.29, 0.717) is 5.19 Å². The minimum Gasteiger partial charge on any atom is -0.430 e. The zero-order chi connectivity index (χ0) is 13.2. The number of hydrogen-bond acceptors (Lipinski definition) is 6. The molecular formula is C13H11N3OS2. The summed E-state index contributed by atoms with van der Waals surface area (Å²) in [6.07, 6.45) is 1.88. The van der Waals surface area contributed by atoms with E-state index in [2.05, 4.69) is 15.2 Å². The highest BCUT2D eigenvalue weighted by molar-refractivity contribution is 7.15. The van der Waals surface area contributed by atoms with Crippen molar-refractivity contribution in [2.45, 2.75) is 13.8 Å². The summed E-state index contributed by atoms with van der Waals surface area (Å²) < 4.78 is 5.69. The van der Waals surface area contributed by atoms with E-state index >= 15 is 0 Å². The predicted octanol–water partition coefficient (Wildman–Crippen LogP) is 4.07. The molecule has 0 aliphatic rings. The maximum atomic E-state index is 5.69.